The molecular weight excluding hydrogens is 410 g/mol. The molecule has 4 nitrogen and oxygen atoms in total. The van der Waals surface area contributed by atoms with Crippen molar-refractivity contribution >= 4 is 11.7 Å². The zero-order chi connectivity index (χ0) is 23.8. The van der Waals surface area contributed by atoms with E-state index in [1.54, 1.807) is 0 Å². The molecule has 4 heteroatoms. The Morgan fingerprint density at radius 2 is 1.09 bits per heavy atom. The number of nitrogens with two attached hydrogens (primary N) is 1. The van der Waals surface area contributed by atoms with Crippen LogP contribution in [0.4, 0.5) is 5.69 Å². The van der Waals surface area contributed by atoms with E-state index in [4.69, 9.17) is 15.2 Å². The second-order valence-corrected chi connectivity index (χ2v) is 9.40. The molecule has 33 heavy (non-hydrogen) atoms. The summed E-state index contributed by atoms with van der Waals surface area (Å²) in [6.45, 7) is 3.64. The highest BCUT2D eigenvalue weighted by Gasteiger charge is 2.02. The molecule has 2 N–H and O–H groups in total. The van der Waals surface area contributed by atoms with Gasteiger partial charge in [0, 0.05) is 12.1 Å². The maximum Gasteiger partial charge on any atom is 0.305 e. The number of rotatable bonds is 23. The van der Waals surface area contributed by atoms with E-state index in [2.05, 4.69) is 6.92 Å². The molecule has 0 aliphatic carbocycles. The van der Waals surface area contributed by atoms with Crippen LogP contribution >= 0.6 is 0 Å². The van der Waals surface area contributed by atoms with Gasteiger partial charge in [-0.05, 0) is 43.5 Å². The van der Waals surface area contributed by atoms with E-state index in [1.807, 2.05) is 24.3 Å². The standard InChI is InChI=1S/C29H51NO3/c1-2-3-4-5-6-7-9-13-16-19-26-33-29(31)20-17-14-11-8-10-12-15-18-25-32-28-23-21-27(30)22-24-28/h21-24H,2-20,25-26,30H2,1H3. The number of nitrogen functional groups attached to an aromatic ring is 1. The minimum Gasteiger partial charge on any atom is -0.494 e. The monoisotopic (exact) mass is 461 g/mol. The third kappa shape index (κ3) is 19.5. The molecule has 0 unspecified atom stereocenters. The molecule has 0 saturated carbocycles. The number of carbonyl (C=O) groups excluding carboxylic acids is 1. The summed E-state index contributed by atoms with van der Waals surface area (Å²) in [6.07, 6.45) is 23.0. The molecule has 0 amide bonds. The number of carbonyl (C=O) groups is 1. The zero-order valence-electron chi connectivity index (χ0n) is 21.5. The summed E-state index contributed by atoms with van der Waals surface area (Å²) in [6, 6.07) is 7.58. The fourth-order valence-electron chi connectivity index (χ4n) is 4.03. The Bertz CT molecular complexity index is 558. The molecule has 1 aromatic carbocycles. The van der Waals surface area contributed by atoms with Crippen molar-refractivity contribution in [1.82, 2.24) is 0 Å². The molecule has 0 aromatic heterocycles. The largest absolute Gasteiger partial charge is 0.494 e. The summed E-state index contributed by atoms with van der Waals surface area (Å²) < 4.78 is 11.1. The smallest absolute Gasteiger partial charge is 0.305 e. The molecule has 0 heterocycles. The van der Waals surface area contributed by atoms with Crippen LogP contribution in [0.1, 0.15) is 129 Å². The summed E-state index contributed by atoms with van der Waals surface area (Å²) in [7, 11) is 0. The predicted octanol–water partition coefficient (Wildman–Crippen LogP) is 8.62. The van der Waals surface area contributed by atoms with E-state index in [0.717, 1.165) is 43.7 Å². The highest BCUT2D eigenvalue weighted by atomic mass is 16.5. The van der Waals surface area contributed by atoms with Gasteiger partial charge in [-0.15, -0.1) is 0 Å². The first-order valence-corrected chi connectivity index (χ1v) is 13.9. The summed E-state index contributed by atoms with van der Waals surface area (Å²) in [4.78, 5) is 11.8. The minimum atomic E-state index is -0.00738. The third-order valence-electron chi connectivity index (χ3n) is 6.19. The van der Waals surface area contributed by atoms with Crippen LogP contribution in [0.3, 0.4) is 0 Å². The lowest BCUT2D eigenvalue weighted by molar-refractivity contribution is -0.143. The molecule has 0 atom stereocenters. The quantitative estimate of drug-likeness (QED) is 0.101. The van der Waals surface area contributed by atoms with Crippen LogP contribution in [0, 0.1) is 0 Å². The van der Waals surface area contributed by atoms with Gasteiger partial charge in [-0.3, -0.25) is 4.79 Å². The van der Waals surface area contributed by atoms with Crippen molar-refractivity contribution in [2.24, 2.45) is 0 Å². The van der Waals surface area contributed by atoms with Gasteiger partial charge in [-0.1, -0.05) is 103 Å². The lowest BCUT2D eigenvalue weighted by Gasteiger charge is -2.07. The molecule has 0 aliphatic rings. The normalized spacial score (nSPS) is 10.9. The molecule has 0 saturated heterocycles. The Balaban J connectivity index is 1.75. The second-order valence-electron chi connectivity index (χ2n) is 9.40. The molecule has 1 aromatic rings. The van der Waals surface area contributed by atoms with Crippen molar-refractivity contribution in [2.75, 3.05) is 18.9 Å². The van der Waals surface area contributed by atoms with E-state index in [9.17, 15) is 4.79 Å². The summed E-state index contributed by atoms with van der Waals surface area (Å²) in [5.41, 5.74) is 6.44. The van der Waals surface area contributed by atoms with Crippen molar-refractivity contribution in [3.05, 3.63) is 24.3 Å². The zero-order valence-corrected chi connectivity index (χ0v) is 21.5. The van der Waals surface area contributed by atoms with Gasteiger partial charge in [0.25, 0.3) is 0 Å². The fraction of sp³-hybridized carbons (Fsp3) is 0.759. The van der Waals surface area contributed by atoms with Crippen LogP contribution in [0.5, 0.6) is 5.75 Å². The van der Waals surface area contributed by atoms with Crippen LogP contribution < -0.4 is 10.5 Å². The van der Waals surface area contributed by atoms with Gasteiger partial charge in [0.15, 0.2) is 0 Å². The van der Waals surface area contributed by atoms with Gasteiger partial charge in [0.1, 0.15) is 5.75 Å². The van der Waals surface area contributed by atoms with E-state index >= 15 is 0 Å². The highest BCUT2D eigenvalue weighted by molar-refractivity contribution is 5.69. The Kier molecular flexibility index (Phi) is 19.6. The first-order chi connectivity index (χ1) is 16.2. The van der Waals surface area contributed by atoms with Crippen LogP contribution in [-0.2, 0) is 9.53 Å². The van der Waals surface area contributed by atoms with E-state index < -0.39 is 0 Å². The Labute approximate surface area is 204 Å². The molecule has 0 aliphatic heterocycles. The third-order valence-corrected chi connectivity index (χ3v) is 6.19. The lowest BCUT2D eigenvalue weighted by atomic mass is 10.1. The van der Waals surface area contributed by atoms with Crippen molar-refractivity contribution < 1.29 is 14.3 Å². The molecular formula is C29H51NO3. The minimum absolute atomic E-state index is 0.00738. The van der Waals surface area contributed by atoms with Gasteiger partial charge in [0.2, 0.25) is 0 Å². The molecule has 0 radical (unpaired) electrons. The fourth-order valence-corrected chi connectivity index (χ4v) is 4.03. The first kappa shape index (κ1) is 29.3. The highest BCUT2D eigenvalue weighted by Crippen LogP contribution is 2.15. The summed E-state index contributed by atoms with van der Waals surface area (Å²) in [5, 5.41) is 0. The Morgan fingerprint density at radius 3 is 1.64 bits per heavy atom. The Morgan fingerprint density at radius 1 is 0.636 bits per heavy atom. The molecule has 0 fully saturated rings. The van der Waals surface area contributed by atoms with Gasteiger partial charge in [-0.25, -0.2) is 0 Å². The predicted molar refractivity (Wildman–Crippen MR) is 141 cm³/mol. The lowest BCUT2D eigenvalue weighted by Crippen LogP contribution is -2.05. The van der Waals surface area contributed by atoms with Crippen molar-refractivity contribution in [1.29, 1.82) is 0 Å². The molecule has 1 rings (SSSR count). The van der Waals surface area contributed by atoms with Gasteiger partial charge < -0.3 is 15.2 Å². The number of esters is 1. The number of anilines is 1. The van der Waals surface area contributed by atoms with Crippen LogP contribution in [0.25, 0.3) is 0 Å². The number of benzene rings is 1. The number of hydrogen-bond donors (Lipinski definition) is 1. The molecule has 0 spiro atoms. The van der Waals surface area contributed by atoms with Gasteiger partial charge in [-0.2, -0.15) is 0 Å². The average Bonchev–Trinajstić information content (AvgIpc) is 2.82. The van der Waals surface area contributed by atoms with Gasteiger partial charge in [0.05, 0.1) is 13.2 Å². The first-order valence-electron chi connectivity index (χ1n) is 13.9. The maximum atomic E-state index is 11.8. The number of unbranched alkanes of at least 4 members (excludes halogenated alkanes) is 16. The van der Waals surface area contributed by atoms with Gasteiger partial charge >= 0.3 is 5.97 Å². The maximum absolute atomic E-state index is 11.8. The van der Waals surface area contributed by atoms with Crippen LogP contribution in [-0.4, -0.2) is 19.2 Å². The average molecular weight is 462 g/mol. The SMILES string of the molecule is CCCCCCCCCCCCOC(=O)CCCCCCCCCCOc1ccc(N)cc1. The van der Waals surface area contributed by atoms with E-state index in [0.29, 0.717) is 13.0 Å². The number of hydrogen-bond acceptors (Lipinski definition) is 4. The van der Waals surface area contributed by atoms with Crippen LogP contribution in [0.2, 0.25) is 0 Å². The van der Waals surface area contributed by atoms with Crippen molar-refractivity contribution in [2.45, 2.75) is 129 Å². The van der Waals surface area contributed by atoms with Crippen molar-refractivity contribution in [3.8, 4) is 5.75 Å². The van der Waals surface area contributed by atoms with Crippen LogP contribution in [0.15, 0.2) is 24.3 Å². The topological polar surface area (TPSA) is 61.5 Å². The second kappa shape index (κ2) is 22.1. The number of ether oxygens (including phenoxy) is 2. The van der Waals surface area contributed by atoms with E-state index in [1.165, 1.54) is 89.9 Å². The summed E-state index contributed by atoms with van der Waals surface area (Å²) >= 11 is 0. The summed E-state index contributed by atoms with van der Waals surface area (Å²) in [5.74, 6) is 0.887. The molecule has 0 bridgehead atoms. The molecule has 190 valence electrons. The van der Waals surface area contributed by atoms with Crippen molar-refractivity contribution in [3.63, 3.8) is 0 Å². The van der Waals surface area contributed by atoms with E-state index in [-0.39, 0.29) is 5.97 Å². The Hall–Kier alpha value is -1.71.